The number of likely N-dealkylation sites (tertiary alicyclic amines) is 1. The summed E-state index contributed by atoms with van der Waals surface area (Å²) in [7, 11) is 0. The number of furan rings is 1. The molecule has 1 aliphatic rings. The summed E-state index contributed by atoms with van der Waals surface area (Å²) < 4.78 is 5.61. The fraction of sp³-hybridized carbons (Fsp3) is 0.333. The first-order valence-electron chi connectivity index (χ1n) is 6.61. The largest absolute Gasteiger partial charge is 0.451 e. The van der Waals surface area contributed by atoms with Crippen molar-refractivity contribution in [2.75, 3.05) is 13.1 Å². The molecular weight excluding hydrogens is 256 g/mol. The maximum Gasteiger partial charge on any atom is 0.287 e. The Morgan fingerprint density at radius 3 is 2.65 bits per heavy atom. The number of hydrogen-bond acceptors (Lipinski definition) is 3. The van der Waals surface area contributed by atoms with Crippen molar-refractivity contribution in [2.45, 2.75) is 19.9 Å². The topological polar surface area (TPSA) is 62.6 Å². The Morgan fingerprint density at radius 2 is 2.00 bits per heavy atom. The van der Waals surface area contributed by atoms with E-state index in [-0.39, 0.29) is 17.9 Å². The van der Waals surface area contributed by atoms with Crippen molar-refractivity contribution in [3.8, 4) is 0 Å². The molecule has 0 atom stereocenters. The van der Waals surface area contributed by atoms with Crippen LogP contribution in [0.25, 0.3) is 11.0 Å². The van der Waals surface area contributed by atoms with Gasteiger partial charge in [-0.15, -0.1) is 0 Å². The Hall–Kier alpha value is -2.30. The Kier molecular flexibility index (Phi) is 2.97. The van der Waals surface area contributed by atoms with Gasteiger partial charge in [-0.1, -0.05) is 18.2 Å². The third-order valence-electron chi connectivity index (χ3n) is 3.71. The van der Waals surface area contributed by atoms with Gasteiger partial charge >= 0.3 is 0 Å². The summed E-state index contributed by atoms with van der Waals surface area (Å²) in [5, 5.41) is 3.85. The van der Waals surface area contributed by atoms with Crippen molar-refractivity contribution >= 4 is 22.8 Å². The molecule has 3 rings (SSSR count). The quantitative estimate of drug-likeness (QED) is 0.905. The molecule has 1 aromatic carbocycles. The average Bonchev–Trinajstić information content (AvgIpc) is 2.71. The monoisotopic (exact) mass is 272 g/mol. The highest BCUT2D eigenvalue weighted by molar-refractivity contribution is 5.99. The van der Waals surface area contributed by atoms with Gasteiger partial charge < -0.3 is 14.6 Å². The fourth-order valence-electron chi connectivity index (χ4n) is 2.47. The van der Waals surface area contributed by atoms with Gasteiger partial charge in [-0.2, -0.15) is 0 Å². The molecule has 2 amide bonds. The third kappa shape index (κ3) is 2.05. The number of rotatable bonds is 2. The first-order valence-corrected chi connectivity index (χ1v) is 6.61. The van der Waals surface area contributed by atoms with Crippen LogP contribution in [-0.4, -0.2) is 35.8 Å². The predicted molar refractivity (Wildman–Crippen MR) is 74.5 cm³/mol. The molecule has 1 aromatic heterocycles. The first-order chi connectivity index (χ1) is 9.56. The number of aryl methyl sites for hydroxylation is 1. The van der Waals surface area contributed by atoms with E-state index in [1.54, 1.807) is 4.90 Å². The molecule has 104 valence electrons. The minimum Gasteiger partial charge on any atom is -0.451 e. The normalized spacial score (nSPS) is 15.2. The number of amides is 2. The van der Waals surface area contributed by atoms with Crippen LogP contribution in [0.15, 0.2) is 28.7 Å². The van der Waals surface area contributed by atoms with Crippen molar-refractivity contribution in [1.29, 1.82) is 0 Å². The Labute approximate surface area is 116 Å². The zero-order valence-corrected chi connectivity index (χ0v) is 11.5. The van der Waals surface area contributed by atoms with Crippen LogP contribution in [0, 0.1) is 6.92 Å². The lowest BCUT2D eigenvalue weighted by Gasteiger charge is -2.38. The number of carbonyl (C=O) groups excluding carboxylic acids is 2. The van der Waals surface area contributed by atoms with Gasteiger partial charge in [-0.25, -0.2) is 0 Å². The molecule has 0 spiro atoms. The molecule has 0 aliphatic carbocycles. The standard InChI is InChI=1S/C15H16N2O3/c1-9-12-5-3-4-6-13(12)20-14(9)15(19)16-11-7-17(8-11)10(2)18/h3-6,11H,7-8H2,1-2H3,(H,16,19). The van der Waals surface area contributed by atoms with Crippen LogP contribution < -0.4 is 5.32 Å². The van der Waals surface area contributed by atoms with Crippen LogP contribution in [0.3, 0.4) is 0 Å². The summed E-state index contributed by atoms with van der Waals surface area (Å²) in [6.45, 7) is 4.55. The molecule has 1 fully saturated rings. The van der Waals surface area contributed by atoms with Crippen LogP contribution in [-0.2, 0) is 4.79 Å². The van der Waals surface area contributed by atoms with Crippen LogP contribution in [0.2, 0.25) is 0 Å². The van der Waals surface area contributed by atoms with Gasteiger partial charge in [0.1, 0.15) is 5.58 Å². The molecule has 20 heavy (non-hydrogen) atoms. The maximum absolute atomic E-state index is 12.2. The molecule has 0 saturated carbocycles. The second kappa shape index (κ2) is 4.67. The molecule has 2 aromatic rings. The van der Waals surface area contributed by atoms with E-state index < -0.39 is 0 Å². The van der Waals surface area contributed by atoms with Gasteiger partial charge in [0.05, 0.1) is 6.04 Å². The molecule has 2 heterocycles. The summed E-state index contributed by atoms with van der Waals surface area (Å²) >= 11 is 0. The number of benzene rings is 1. The van der Waals surface area contributed by atoms with Gasteiger partial charge in [0.2, 0.25) is 5.91 Å². The lowest BCUT2D eigenvalue weighted by atomic mass is 10.1. The molecular formula is C15H16N2O3. The Balaban J connectivity index is 1.74. The third-order valence-corrected chi connectivity index (χ3v) is 3.71. The van der Waals surface area contributed by atoms with E-state index in [0.29, 0.717) is 24.4 Å². The van der Waals surface area contributed by atoms with E-state index in [4.69, 9.17) is 4.42 Å². The molecule has 0 unspecified atom stereocenters. The van der Waals surface area contributed by atoms with Crippen molar-refractivity contribution < 1.29 is 14.0 Å². The summed E-state index contributed by atoms with van der Waals surface area (Å²) in [4.78, 5) is 25.0. The molecule has 1 saturated heterocycles. The number of para-hydroxylation sites is 1. The first kappa shape index (κ1) is 12.7. The molecule has 5 nitrogen and oxygen atoms in total. The highest BCUT2D eigenvalue weighted by atomic mass is 16.3. The van der Waals surface area contributed by atoms with Crippen LogP contribution in [0.4, 0.5) is 0 Å². The zero-order chi connectivity index (χ0) is 14.3. The number of fused-ring (bicyclic) bond motifs is 1. The Bertz CT molecular complexity index is 683. The van der Waals surface area contributed by atoms with Crippen molar-refractivity contribution in [2.24, 2.45) is 0 Å². The van der Waals surface area contributed by atoms with Crippen LogP contribution >= 0.6 is 0 Å². The van der Waals surface area contributed by atoms with Gasteiger partial charge in [-0.05, 0) is 13.0 Å². The average molecular weight is 272 g/mol. The lowest BCUT2D eigenvalue weighted by molar-refractivity contribution is -0.133. The van der Waals surface area contributed by atoms with Gasteiger partial charge in [-0.3, -0.25) is 9.59 Å². The lowest BCUT2D eigenvalue weighted by Crippen LogP contribution is -2.60. The number of nitrogens with one attached hydrogen (secondary N) is 1. The van der Waals surface area contributed by atoms with E-state index in [9.17, 15) is 9.59 Å². The fourth-order valence-corrected chi connectivity index (χ4v) is 2.47. The summed E-state index contributed by atoms with van der Waals surface area (Å²) in [6, 6.07) is 7.59. The highest BCUT2D eigenvalue weighted by Gasteiger charge is 2.31. The number of hydrogen-bond donors (Lipinski definition) is 1. The molecule has 0 bridgehead atoms. The molecule has 1 aliphatic heterocycles. The molecule has 0 radical (unpaired) electrons. The second-order valence-electron chi connectivity index (χ2n) is 5.15. The van der Waals surface area contributed by atoms with Gasteiger partial charge in [0, 0.05) is 31.0 Å². The van der Waals surface area contributed by atoms with E-state index >= 15 is 0 Å². The minimum absolute atomic E-state index is 0.0130. The second-order valence-corrected chi connectivity index (χ2v) is 5.15. The number of carbonyl (C=O) groups is 2. The van der Waals surface area contributed by atoms with Crippen LogP contribution in [0.5, 0.6) is 0 Å². The van der Waals surface area contributed by atoms with E-state index in [1.165, 1.54) is 6.92 Å². The van der Waals surface area contributed by atoms with Crippen molar-refractivity contribution in [1.82, 2.24) is 10.2 Å². The summed E-state index contributed by atoms with van der Waals surface area (Å²) in [5.74, 6) is 0.176. The predicted octanol–water partition coefficient (Wildman–Crippen LogP) is 1.70. The maximum atomic E-state index is 12.2. The SMILES string of the molecule is CC(=O)N1CC(NC(=O)c2oc3ccccc3c2C)C1. The summed E-state index contributed by atoms with van der Waals surface area (Å²) in [5.41, 5.74) is 1.56. The van der Waals surface area contributed by atoms with Crippen molar-refractivity contribution in [3.05, 3.63) is 35.6 Å². The zero-order valence-electron chi connectivity index (χ0n) is 11.5. The smallest absolute Gasteiger partial charge is 0.287 e. The van der Waals surface area contributed by atoms with Crippen molar-refractivity contribution in [3.63, 3.8) is 0 Å². The minimum atomic E-state index is -0.216. The highest BCUT2D eigenvalue weighted by Crippen LogP contribution is 2.25. The number of nitrogens with zero attached hydrogens (tertiary/aromatic N) is 1. The van der Waals surface area contributed by atoms with Gasteiger partial charge in [0.15, 0.2) is 5.76 Å². The molecule has 1 N–H and O–H groups in total. The van der Waals surface area contributed by atoms with Crippen LogP contribution in [0.1, 0.15) is 23.0 Å². The molecule has 5 heteroatoms. The Morgan fingerprint density at radius 1 is 1.30 bits per heavy atom. The summed E-state index contributed by atoms with van der Waals surface area (Å²) in [6.07, 6.45) is 0. The van der Waals surface area contributed by atoms with E-state index in [0.717, 1.165) is 10.9 Å². The van der Waals surface area contributed by atoms with E-state index in [2.05, 4.69) is 5.32 Å². The van der Waals surface area contributed by atoms with E-state index in [1.807, 2.05) is 31.2 Å². The van der Waals surface area contributed by atoms with Gasteiger partial charge in [0.25, 0.3) is 5.91 Å².